The number of nitrogens with zero attached hydrogens (tertiary/aromatic N) is 2. The summed E-state index contributed by atoms with van der Waals surface area (Å²) in [5, 5.41) is 0. The van der Waals surface area contributed by atoms with Crippen molar-refractivity contribution in [3.8, 4) is 22.5 Å². The SMILES string of the molecule is Cc1c(-c2cc(C(C)C)cc[n+]2C)cccc1-c1cc(C(C)C)cc[n+]1C. The highest BCUT2D eigenvalue weighted by molar-refractivity contribution is 5.73. The molecule has 0 bridgehead atoms. The molecule has 0 aliphatic rings. The van der Waals surface area contributed by atoms with Crippen LogP contribution in [0, 0.1) is 6.92 Å². The maximum atomic E-state index is 2.33. The highest BCUT2D eigenvalue weighted by atomic mass is 14.9. The van der Waals surface area contributed by atoms with E-state index in [4.69, 9.17) is 0 Å². The van der Waals surface area contributed by atoms with Crippen LogP contribution in [0.4, 0.5) is 0 Å². The van der Waals surface area contributed by atoms with Crippen LogP contribution in [0.5, 0.6) is 0 Å². The largest absolute Gasteiger partial charge is 0.212 e. The Balaban J connectivity index is 2.19. The maximum absolute atomic E-state index is 2.33. The molecule has 0 amide bonds. The third kappa shape index (κ3) is 3.80. The second kappa shape index (κ2) is 7.64. The molecular weight excluding hydrogens is 328 g/mol. The van der Waals surface area contributed by atoms with Crippen LogP contribution in [0.2, 0.25) is 0 Å². The first-order chi connectivity index (χ1) is 12.8. The summed E-state index contributed by atoms with van der Waals surface area (Å²) in [7, 11) is 4.26. The molecule has 1 aromatic carbocycles. The van der Waals surface area contributed by atoms with Crippen molar-refractivity contribution in [1.82, 2.24) is 0 Å². The first-order valence-electron chi connectivity index (χ1n) is 9.89. The minimum absolute atomic E-state index is 0.522. The van der Waals surface area contributed by atoms with Gasteiger partial charge < -0.3 is 0 Å². The van der Waals surface area contributed by atoms with Crippen molar-refractivity contribution < 1.29 is 9.13 Å². The lowest BCUT2D eigenvalue weighted by molar-refractivity contribution is -0.660. The summed E-state index contributed by atoms with van der Waals surface area (Å²) in [6.07, 6.45) is 4.35. The smallest absolute Gasteiger partial charge is 0.201 e. The van der Waals surface area contributed by atoms with E-state index in [0.717, 1.165) is 0 Å². The predicted molar refractivity (Wildman–Crippen MR) is 113 cm³/mol. The molecule has 2 heterocycles. The van der Waals surface area contributed by atoms with Crippen molar-refractivity contribution in [2.75, 3.05) is 0 Å². The lowest BCUT2D eigenvalue weighted by Gasteiger charge is -2.12. The van der Waals surface area contributed by atoms with Gasteiger partial charge in [-0.25, -0.2) is 9.13 Å². The summed E-state index contributed by atoms with van der Waals surface area (Å²) in [6.45, 7) is 11.2. The van der Waals surface area contributed by atoms with E-state index in [-0.39, 0.29) is 0 Å². The van der Waals surface area contributed by atoms with Gasteiger partial charge in [0.05, 0.1) is 0 Å². The molecule has 0 unspecified atom stereocenters. The molecule has 0 spiro atoms. The zero-order valence-electron chi connectivity index (χ0n) is 17.7. The molecule has 0 N–H and O–H groups in total. The number of benzene rings is 1. The van der Waals surface area contributed by atoms with E-state index in [0.29, 0.717) is 11.8 Å². The van der Waals surface area contributed by atoms with Crippen molar-refractivity contribution in [2.24, 2.45) is 14.1 Å². The van der Waals surface area contributed by atoms with E-state index in [9.17, 15) is 0 Å². The Labute approximate surface area is 164 Å². The average Bonchev–Trinajstić information content (AvgIpc) is 2.63. The van der Waals surface area contributed by atoms with Gasteiger partial charge in [-0.05, 0) is 47.6 Å². The van der Waals surface area contributed by atoms with Gasteiger partial charge in [-0.2, -0.15) is 0 Å². The molecule has 3 aromatic rings. The Morgan fingerprint density at radius 2 is 1.07 bits per heavy atom. The molecule has 140 valence electrons. The van der Waals surface area contributed by atoms with Gasteiger partial charge in [0.2, 0.25) is 11.4 Å². The van der Waals surface area contributed by atoms with Gasteiger partial charge in [-0.3, -0.25) is 0 Å². The average molecular weight is 361 g/mol. The molecule has 2 heteroatoms. The molecule has 0 aliphatic heterocycles. The summed E-state index contributed by atoms with van der Waals surface area (Å²) >= 11 is 0. The van der Waals surface area contributed by atoms with Crippen molar-refractivity contribution in [2.45, 2.75) is 46.5 Å². The number of pyridine rings is 2. The molecule has 0 radical (unpaired) electrons. The Bertz CT molecular complexity index is 892. The van der Waals surface area contributed by atoms with Crippen LogP contribution in [-0.4, -0.2) is 0 Å². The van der Waals surface area contributed by atoms with Gasteiger partial charge >= 0.3 is 0 Å². The van der Waals surface area contributed by atoms with E-state index in [1.807, 2.05) is 0 Å². The minimum atomic E-state index is 0.522. The number of hydrogen-bond donors (Lipinski definition) is 0. The normalized spacial score (nSPS) is 11.4. The van der Waals surface area contributed by atoms with Crippen molar-refractivity contribution in [1.29, 1.82) is 0 Å². The molecule has 2 nitrogen and oxygen atoms in total. The van der Waals surface area contributed by atoms with Gasteiger partial charge in [-0.15, -0.1) is 0 Å². The van der Waals surface area contributed by atoms with Gasteiger partial charge in [0.1, 0.15) is 14.1 Å². The van der Waals surface area contributed by atoms with Gasteiger partial charge in [0.15, 0.2) is 12.4 Å². The summed E-state index contributed by atoms with van der Waals surface area (Å²) < 4.78 is 4.45. The van der Waals surface area contributed by atoms with Crippen molar-refractivity contribution >= 4 is 0 Å². The van der Waals surface area contributed by atoms with Crippen LogP contribution in [0.15, 0.2) is 54.9 Å². The Morgan fingerprint density at radius 1 is 0.667 bits per heavy atom. The molecular formula is C25H32N2+2. The highest BCUT2D eigenvalue weighted by Crippen LogP contribution is 2.31. The Hall–Kier alpha value is -2.48. The summed E-state index contributed by atoms with van der Waals surface area (Å²) in [6, 6.07) is 15.8. The fourth-order valence-corrected chi connectivity index (χ4v) is 3.62. The van der Waals surface area contributed by atoms with Crippen LogP contribution < -0.4 is 9.13 Å². The van der Waals surface area contributed by atoms with Gasteiger partial charge in [0.25, 0.3) is 0 Å². The molecule has 27 heavy (non-hydrogen) atoms. The summed E-state index contributed by atoms with van der Waals surface area (Å²) in [5.74, 6) is 1.04. The minimum Gasteiger partial charge on any atom is -0.201 e. The first-order valence-corrected chi connectivity index (χ1v) is 9.89. The molecule has 0 atom stereocenters. The van der Waals surface area contributed by atoms with E-state index in [1.54, 1.807) is 0 Å². The second-order valence-corrected chi connectivity index (χ2v) is 8.20. The lowest BCUT2D eigenvalue weighted by Crippen LogP contribution is -2.32. The quantitative estimate of drug-likeness (QED) is 0.563. The molecule has 0 saturated carbocycles. The number of hydrogen-bond acceptors (Lipinski definition) is 0. The van der Waals surface area contributed by atoms with Crippen LogP contribution in [0.1, 0.15) is 56.2 Å². The fourth-order valence-electron chi connectivity index (χ4n) is 3.62. The topological polar surface area (TPSA) is 7.76 Å². The number of aryl methyl sites for hydroxylation is 2. The second-order valence-electron chi connectivity index (χ2n) is 8.20. The summed E-state index contributed by atoms with van der Waals surface area (Å²) in [4.78, 5) is 0. The van der Waals surface area contributed by atoms with Gasteiger partial charge in [0, 0.05) is 35.4 Å². The molecule has 0 aliphatic carbocycles. The van der Waals surface area contributed by atoms with Crippen LogP contribution >= 0.6 is 0 Å². The molecule has 0 saturated heterocycles. The third-order valence-corrected chi connectivity index (χ3v) is 5.57. The van der Waals surface area contributed by atoms with Crippen LogP contribution in [0.25, 0.3) is 22.5 Å². The zero-order chi connectivity index (χ0) is 19.7. The third-order valence-electron chi connectivity index (χ3n) is 5.57. The predicted octanol–water partition coefficient (Wildman–Crippen LogP) is 5.22. The van der Waals surface area contributed by atoms with E-state index < -0.39 is 0 Å². The molecule has 3 rings (SSSR count). The van der Waals surface area contributed by atoms with Crippen LogP contribution in [-0.2, 0) is 14.1 Å². The molecule has 0 fully saturated rings. The highest BCUT2D eigenvalue weighted by Gasteiger charge is 2.20. The first kappa shape index (κ1) is 19.3. The van der Waals surface area contributed by atoms with Crippen molar-refractivity contribution in [3.63, 3.8) is 0 Å². The van der Waals surface area contributed by atoms with E-state index >= 15 is 0 Å². The van der Waals surface area contributed by atoms with Gasteiger partial charge in [-0.1, -0.05) is 33.8 Å². The zero-order valence-corrected chi connectivity index (χ0v) is 17.7. The van der Waals surface area contributed by atoms with Crippen molar-refractivity contribution in [3.05, 3.63) is 71.5 Å². The summed E-state index contributed by atoms with van der Waals surface area (Å²) in [5.41, 5.74) is 9.21. The van der Waals surface area contributed by atoms with E-state index in [2.05, 4.69) is 113 Å². The lowest BCUT2D eigenvalue weighted by atomic mass is 9.93. The fraction of sp³-hybridized carbons (Fsp3) is 0.360. The number of rotatable bonds is 4. The standard InChI is InChI=1S/C25H32N2/c1-17(2)20-11-13-26(6)24(15-20)22-9-8-10-23(19(22)5)25-16-21(18(3)4)12-14-27(25)7/h8-18H,1-7H3/q+2. The number of aromatic nitrogens is 2. The maximum Gasteiger partial charge on any atom is 0.212 e. The Morgan fingerprint density at radius 3 is 1.44 bits per heavy atom. The van der Waals surface area contributed by atoms with E-state index in [1.165, 1.54) is 39.2 Å². The molecule has 2 aromatic heterocycles. The monoisotopic (exact) mass is 360 g/mol. The van der Waals surface area contributed by atoms with Crippen LogP contribution in [0.3, 0.4) is 0 Å². The Kier molecular flexibility index (Phi) is 5.46.